The van der Waals surface area contributed by atoms with Crippen molar-refractivity contribution in [1.82, 2.24) is 15.2 Å². The average molecular weight is 326 g/mol. The van der Waals surface area contributed by atoms with Crippen molar-refractivity contribution >= 4 is 34.7 Å². The van der Waals surface area contributed by atoms with Gasteiger partial charge < -0.3 is 10.2 Å². The van der Waals surface area contributed by atoms with Crippen molar-refractivity contribution in [3.05, 3.63) is 65.8 Å². The molecule has 1 heterocycles. The van der Waals surface area contributed by atoms with Crippen LogP contribution in [0.4, 0.5) is 23.1 Å². The van der Waals surface area contributed by atoms with Crippen molar-refractivity contribution in [3.63, 3.8) is 0 Å². The number of rotatable bonds is 5. The van der Waals surface area contributed by atoms with Gasteiger partial charge in [-0.3, -0.25) is 0 Å². The first-order valence-electron chi connectivity index (χ1n) is 7.32. The largest absolute Gasteiger partial charge is 0.338 e. The molecule has 0 unspecified atom stereocenters. The molecule has 116 valence electrons. The summed E-state index contributed by atoms with van der Waals surface area (Å²) in [7, 11) is 0. The van der Waals surface area contributed by atoms with E-state index in [4.69, 9.17) is 11.6 Å². The normalized spacial score (nSPS) is 10.3. The molecule has 0 fully saturated rings. The van der Waals surface area contributed by atoms with Gasteiger partial charge in [0.1, 0.15) is 0 Å². The first-order chi connectivity index (χ1) is 11.3. The van der Waals surface area contributed by atoms with E-state index in [0.717, 1.165) is 17.9 Å². The first kappa shape index (κ1) is 15.2. The molecule has 0 atom stereocenters. The van der Waals surface area contributed by atoms with E-state index in [1.165, 1.54) is 0 Å². The highest BCUT2D eigenvalue weighted by Gasteiger charge is 2.11. The Morgan fingerprint density at radius 1 is 1.04 bits per heavy atom. The van der Waals surface area contributed by atoms with E-state index >= 15 is 0 Å². The first-order valence-corrected chi connectivity index (χ1v) is 7.69. The Labute approximate surface area is 140 Å². The summed E-state index contributed by atoms with van der Waals surface area (Å²) in [5.41, 5.74) is 1.80. The van der Waals surface area contributed by atoms with Crippen LogP contribution in [0, 0.1) is 0 Å². The van der Waals surface area contributed by atoms with Crippen molar-refractivity contribution in [1.29, 1.82) is 0 Å². The predicted molar refractivity (Wildman–Crippen MR) is 93.7 cm³/mol. The molecule has 3 aromatic rings. The van der Waals surface area contributed by atoms with E-state index in [1.807, 2.05) is 66.4 Å². The van der Waals surface area contributed by atoms with Crippen LogP contribution < -0.4 is 10.2 Å². The maximum atomic E-state index is 6.16. The summed E-state index contributed by atoms with van der Waals surface area (Å²) in [5.74, 6) is 1.13. The highest BCUT2D eigenvalue weighted by Crippen LogP contribution is 2.25. The Morgan fingerprint density at radius 2 is 1.78 bits per heavy atom. The van der Waals surface area contributed by atoms with Crippen LogP contribution in [0.25, 0.3) is 0 Å². The van der Waals surface area contributed by atoms with Gasteiger partial charge in [-0.15, -0.1) is 5.10 Å². The molecule has 0 saturated carbocycles. The Morgan fingerprint density at radius 3 is 2.52 bits per heavy atom. The lowest BCUT2D eigenvalue weighted by molar-refractivity contribution is 0.887. The molecule has 3 rings (SSSR count). The summed E-state index contributed by atoms with van der Waals surface area (Å²) in [4.78, 5) is 6.53. The van der Waals surface area contributed by atoms with Crippen molar-refractivity contribution in [3.8, 4) is 0 Å². The van der Waals surface area contributed by atoms with Gasteiger partial charge >= 0.3 is 0 Å². The molecule has 0 saturated heterocycles. The van der Waals surface area contributed by atoms with Crippen LogP contribution in [0.3, 0.4) is 0 Å². The Balaban J connectivity index is 1.89. The van der Waals surface area contributed by atoms with Gasteiger partial charge in [-0.05, 0) is 31.2 Å². The summed E-state index contributed by atoms with van der Waals surface area (Å²) in [6, 6.07) is 17.5. The van der Waals surface area contributed by atoms with E-state index in [2.05, 4.69) is 20.5 Å². The number of nitrogens with one attached hydrogen (secondary N) is 1. The van der Waals surface area contributed by atoms with E-state index in [1.54, 1.807) is 6.20 Å². The number of hydrogen-bond donors (Lipinski definition) is 1. The molecule has 1 N–H and O–H groups in total. The molecule has 1 aromatic heterocycles. The number of para-hydroxylation sites is 2. The Kier molecular flexibility index (Phi) is 4.68. The van der Waals surface area contributed by atoms with Crippen LogP contribution in [0.15, 0.2) is 60.8 Å². The fourth-order valence-electron chi connectivity index (χ4n) is 2.22. The number of halogens is 1. The van der Waals surface area contributed by atoms with Gasteiger partial charge in [0.2, 0.25) is 0 Å². The molecule has 0 bridgehead atoms. The highest BCUT2D eigenvalue weighted by molar-refractivity contribution is 6.33. The number of aromatic nitrogens is 3. The van der Waals surface area contributed by atoms with Gasteiger partial charge in [-0.1, -0.05) is 41.9 Å². The van der Waals surface area contributed by atoms with Crippen LogP contribution in [-0.2, 0) is 0 Å². The van der Waals surface area contributed by atoms with Gasteiger partial charge in [0.05, 0.1) is 16.9 Å². The second-order valence-electron chi connectivity index (χ2n) is 4.83. The maximum absolute atomic E-state index is 6.16. The van der Waals surface area contributed by atoms with Crippen LogP contribution >= 0.6 is 11.6 Å². The maximum Gasteiger partial charge on any atom is 0.251 e. The van der Waals surface area contributed by atoms with Crippen molar-refractivity contribution in [2.24, 2.45) is 0 Å². The number of benzene rings is 2. The Hall–Kier alpha value is -2.66. The van der Waals surface area contributed by atoms with Crippen LogP contribution in [0.1, 0.15) is 6.92 Å². The molecule has 0 spiro atoms. The summed E-state index contributed by atoms with van der Waals surface area (Å²) in [6.07, 6.45) is 1.58. The lowest BCUT2D eigenvalue weighted by atomic mass is 10.3. The lowest BCUT2D eigenvalue weighted by Crippen LogP contribution is -2.19. The summed E-state index contributed by atoms with van der Waals surface area (Å²) < 4.78 is 0. The smallest absolute Gasteiger partial charge is 0.251 e. The molecule has 0 radical (unpaired) electrons. The fraction of sp³-hybridized carbons (Fsp3) is 0.118. The molecule has 6 heteroatoms. The molecule has 0 aliphatic carbocycles. The van der Waals surface area contributed by atoms with Crippen LogP contribution in [0.5, 0.6) is 0 Å². The molecule has 0 aliphatic rings. The molecule has 0 aliphatic heterocycles. The quantitative estimate of drug-likeness (QED) is 0.752. The minimum atomic E-state index is 0.538. The third-order valence-electron chi connectivity index (χ3n) is 3.31. The second-order valence-corrected chi connectivity index (χ2v) is 5.23. The fourth-order valence-corrected chi connectivity index (χ4v) is 2.40. The van der Waals surface area contributed by atoms with E-state index in [9.17, 15) is 0 Å². The third kappa shape index (κ3) is 3.57. The number of hydrogen-bond acceptors (Lipinski definition) is 5. The SMILES string of the molecule is CCN(c1ccccc1)c1nncc(Nc2ccccc2Cl)n1. The zero-order valence-corrected chi connectivity index (χ0v) is 13.4. The molecular formula is C17H16ClN5. The average Bonchev–Trinajstić information content (AvgIpc) is 2.59. The molecule has 2 aromatic carbocycles. The third-order valence-corrected chi connectivity index (χ3v) is 3.64. The molecule has 0 amide bonds. The summed E-state index contributed by atoms with van der Waals surface area (Å²) in [6.45, 7) is 2.78. The lowest BCUT2D eigenvalue weighted by Gasteiger charge is -2.20. The minimum Gasteiger partial charge on any atom is -0.338 e. The van der Waals surface area contributed by atoms with E-state index in [-0.39, 0.29) is 0 Å². The summed E-state index contributed by atoms with van der Waals surface area (Å²) in [5, 5.41) is 12.0. The highest BCUT2D eigenvalue weighted by atomic mass is 35.5. The van der Waals surface area contributed by atoms with Crippen LogP contribution in [-0.4, -0.2) is 21.7 Å². The van der Waals surface area contributed by atoms with Gasteiger partial charge in [0.15, 0.2) is 5.82 Å². The van der Waals surface area contributed by atoms with Gasteiger partial charge in [-0.2, -0.15) is 10.1 Å². The molecule has 23 heavy (non-hydrogen) atoms. The topological polar surface area (TPSA) is 53.9 Å². The zero-order chi connectivity index (χ0) is 16.1. The van der Waals surface area contributed by atoms with Gasteiger partial charge in [-0.25, -0.2) is 0 Å². The number of nitrogens with zero attached hydrogens (tertiary/aromatic N) is 4. The van der Waals surface area contributed by atoms with Gasteiger partial charge in [0, 0.05) is 12.2 Å². The zero-order valence-electron chi connectivity index (χ0n) is 12.6. The standard InChI is InChI=1S/C17H16ClN5/c1-2-23(13-8-4-3-5-9-13)17-21-16(12-19-22-17)20-15-11-7-6-10-14(15)18/h3-12H,2H2,1H3,(H,20,21,22). The minimum absolute atomic E-state index is 0.538. The second kappa shape index (κ2) is 7.07. The molecule has 5 nitrogen and oxygen atoms in total. The van der Waals surface area contributed by atoms with Gasteiger partial charge in [0.25, 0.3) is 5.95 Å². The van der Waals surface area contributed by atoms with Crippen molar-refractivity contribution in [2.45, 2.75) is 6.92 Å². The monoisotopic (exact) mass is 325 g/mol. The number of anilines is 4. The Bertz CT molecular complexity index is 779. The van der Waals surface area contributed by atoms with Crippen LogP contribution in [0.2, 0.25) is 5.02 Å². The van der Waals surface area contributed by atoms with Crippen molar-refractivity contribution < 1.29 is 0 Å². The predicted octanol–water partition coefficient (Wildman–Crippen LogP) is 4.43. The van der Waals surface area contributed by atoms with E-state index in [0.29, 0.717) is 16.8 Å². The summed E-state index contributed by atoms with van der Waals surface area (Å²) >= 11 is 6.16. The van der Waals surface area contributed by atoms with E-state index < -0.39 is 0 Å². The van der Waals surface area contributed by atoms with Crippen molar-refractivity contribution in [2.75, 3.05) is 16.8 Å². The molecular weight excluding hydrogens is 310 g/mol.